The van der Waals surface area contributed by atoms with Gasteiger partial charge in [-0.3, -0.25) is 0 Å². The van der Waals surface area contributed by atoms with Crippen LogP contribution in [0.2, 0.25) is 0 Å². The average Bonchev–Trinajstić information content (AvgIpc) is 1.96. The highest BCUT2D eigenvalue weighted by Gasteiger charge is 2.00. The molecule has 0 aliphatic carbocycles. The molecule has 1 aromatic carbocycles. The minimum Gasteiger partial charge on any atom is -0.324 e. The Morgan fingerprint density at radius 3 is 2.42 bits per heavy atom. The lowest BCUT2D eigenvalue weighted by Gasteiger charge is -2.07. The van der Waals surface area contributed by atoms with Gasteiger partial charge in [0.1, 0.15) is 0 Å². The minimum absolute atomic E-state index is 0.0397. The molecule has 1 rings (SSSR count). The average molecular weight is 161 g/mol. The molecule has 1 nitrogen and oxygen atoms in total. The Kier molecular flexibility index (Phi) is 2.34. The molecule has 12 heavy (non-hydrogen) atoms. The zero-order valence-electron chi connectivity index (χ0n) is 7.72. The SMILES string of the molecule is C=c1cc(C)cc(C(C)N)c1=C. The van der Waals surface area contributed by atoms with Gasteiger partial charge in [-0.1, -0.05) is 30.9 Å². The second kappa shape index (κ2) is 3.11. The first-order valence-electron chi connectivity index (χ1n) is 4.06. The summed E-state index contributed by atoms with van der Waals surface area (Å²) in [6.45, 7) is 11.8. The third-order valence-electron chi connectivity index (χ3n) is 2.01. The van der Waals surface area contributed by atoms with Crippen LogP contribution in [0.5, 0.6) is 0 Å². The van der Waals surface area contributed by atoms with Gasteiger partial charge in [0.25, 0.3) is 0 Å². The highest BCUT2D eigenvalue weighted by molar-refractivity contribution is 5.31. The topological polar surface area (TPSA) is 26.0 Å². The largest absolute Gasteiger partial charge is 0.324 e. The molecular formula is C11H15N. The molecule has 0 heterocycles. The van der Waals surface area contributed by atoms with Gasteiger partial charge in [0.15, 0.2) is 0 Å². The normalized spacial score (nSPS) is 12.9. The molecule has 1 unspecified atom stereocenters. The second-order valence-electron chi connectivity index (χ2n) is 3.28. The summed E-state index contributed by atoms with van der Waals surface area (Å²) in [5.74, 6) is 0. The van der Waals surface area contributed by atoms with Crippen LogP contribution < -0.4 is 16.2 Å². The van der Waals surface area contributed by atoms with E-state index in [-0.39, 0.29) is 6.04 Å². The van der Waals surface area contributed by atoms with Gasteiger partial charge in [-0.05, 0) is 29.8 Å². The maximum Gasteiger partial charge on any atom is 0.0272 e. The molecule has 0 saturated heterocycles. The summed E-state index contributed by atoms with van der Waals surface area (Å²) in [5.41, 5.74) is 8.08. The van der Waals surface area contributed by atoms with E-state index in [0.717, 1.165) is 16.0 Å². The number of rotatable bonds is 1. The van der Waals surface area contributed by atoms with E-state index in [2.05, 4.69) is 19.2 Å². The van der Waals surface area contributed by atoms with Crippen LogP contribution in [0.25, 0.3) is 13.2 Å². The summed E-state index contributed by atoms with van der Waals surface area (Å²) < 4.78 is 0. The number of nitrogens with two attached hydrogens (primary N) is 1. The summed E-state index contributed by atoms with van der Waals surface area (Å²) >= 11 is 0. The standard InChI is InChI=1S/C11H15N/c1-7-5-8(2)9(3)11(6-7)10(4)12/h5-6,10H,2-3,12H2,1,4H3. The van der Waals surface area contributed by atoms with E-state index >= 15 is 0 Å². The van der Waals surface area contributed by atoms with Gasteiger partial charge in [0, 0.05) is 6.04 Å². The number of aryl methyl sites for hydroxylation is 1. The Bertz CT molecular complexity index is 377. The van der Waals surface area contributed by atoms with Gasteiger partial charge in [-0.15, -0.1) is 0 Å². The van der Waals surface area contributed by atoms with Gasteiger partial charge in [0.05, 0.1) is 0 Å². The molecule has 0 aliphatic heterocycles. The van der Waals surface area contributed by atoms with E-state index < -0.39 is 0 Å². The van der Waals surface area contributed by atoms with Crippen molar-refractivity contribution in [2.75, 3.05) is 0 Å². The first-order chi connectivity index (χ1) is 5.52. The van der Waals surface area contributed by atoms with Crippen molar-refractivity contribution in [1.82, 2.24) is 0 Å². The summed E-state index contributed by atoms with van der Waals surface area (Å²) in [6, 6.07) is 4.13. The van der Waals surface area contributed by atoms with Crippen LogP contribution in [0.15, 0.2) is 12.1 Å². The summed E-state index contributed by atoms with van der Waals surface area (Å²) in [4.78, 5) is 0. The summed E-state index contributed by atoms with van der Waals surface area (Å²) in [5, 5.41) is 1.94. The van der Waals surface area contributed by atoms with E-state index in [1.54, 1.807) is 0 Å². The van der Waals surface area contributed by atoms with Crippen LogP contribution in [0.1, 0.15) is 24.1 Å². The zero-order chi connectivity index (χ0) is 9.30. The predicted octanol–water partition coefficient (Wildman–Crippen LogP) is 0.835. The van der Waals surface area contributed by atoms with Gasteiger partial charge in [0.2, 0.25) is 0 Å². The fraction of sp³-hybridized carbons (Fsp3) is 0.273. The van der Waals surface area contributed by atoms with Crippen molar-refractivity contribution in [3.63, 3.8) is 0 Å². The van der Waals surface area contributed by atoms with E-state index in [0.29, 0.717) is 0 Å². The van der Waals surface area contributed by atoms with E-state index in [1.165, 1.54) is 5.56 Å². The fourth-order valence-electron chi connectivity index (χ4n) is 1.33. The van der Waals surface area contributed by atoms with E-state index in [9.17, 15) is 0 Å². The molecule has 0 saturated carbocycles. The van der Waals surface area contributed by atoms with Gasteiger partial charge >= 0.3 is 0 Å². The van der Waals surface area contributed by atoms with Crippen molar-refractivity contribution in [3.8, 4) is 0 Å². The molecule has 64 valence electrons. The maximum absolute atomic E-state index is 5.78. The van der Waals surface area contributed by atoms with Crippen LogP contribution in [0.3, 0.4) is 0 Å². The first-order valence-corrected chi connectivity index (χ1v) is 4.06. The fourth-order valence-corrected chi connectivity index (χ4v) is 1.33. The molecular weight excluding hydrogens is 146 g/mol. The van der Waals surface area contributed by atoms with Crippen LogP contribution in [0.4, 0.5) is 0 Å². The highest BCUT2D eigenvalue weighted by Crippen LogP contribution is 2.03. The molecule has 0 bridgehead atoms. The maximum atomic E-state index is 5.78. The molecule has 0 aromatic heterocycles. The minimum atomic E-state index is 0.0397. The Morgan fingerprint density at radius 2 is 1.92 bits per heavy atom. The lowest BCUT2D eigenvalue weighted by Crippen LogP contribution is -2.29. The van der Waals surface area contributed by atoms with Crippen LogP contribution in [0, 0.1) is 6.92 Å². The van der Waals surface area contributed by atoms with Gasteiger partial charge in [-0.25, -0.2) is 0 Å². The van der Waals surface area contributed by atoms with Crippen molar-refractivity contribution >= 4 is 13.2 Å². The quantitative estimate of drug-likeness (QED) is 0.649. The summed E-state index contributed by atoms with van der Waals surface area (Å²) in [6.07, 6.45) is 0. The molecule has 0 amide bonds. The molecule has 1 aromatic rings. The lowest BCUT2D eigenvalue weighted by atomic mass is 10.0. The predicted molar refractivity (Wildman–Crippen MR) is 54.1 cm³/mol. The highest BCUT2D eigenvalue weighted by atomic mass is 14.6. The number of hydrogen-bond donors (Lipinski definition) is 1. The van der Waals surface area contributed by atoms with Crippen LogP contribution in [-0.4, -0.2) is 0 Å². The van der Waals surface area contributed by atoms with Gasteiger partial charge < -0.3 is 5.73 Å². The van der Waals surface area contributed by atoms with E-state index in [4.69, 9.17) is 5.73 Å². The Hall–Kier alpha value is -1.08. The molecule has 0 radical (unpaired) electrons. The van der Waals surface area contributed by atoms with Gasteiger partial charge in [-0.2, -0.15) is 0 Å². The molecule has 0 aliphatic rings. The Balaban J connectivity index is 3.49. The zero-order valence-corrected chi connectivity index (χ0v) is 7.72. The smallest absolute Gasteiger partial charge is 0.0272 e. The summed E-state index contributed by atoms with van der Waals surface area (Å²) in [7, 11) is 0. The first kappa shape index (κ1) is 9.01. The monoisotopic (exact) mass is 161 g/mol. The van der Waals surface area contributed by atoms with Crippen molar-refractivity contribution < 1.29 is 0 Å². The molecule has 1 heteroatoms. The molecule has 1 atom stereocenters. The molecule has 0 spiro atoms. The van der Waals surface area contributed by atoms with Crippen molar-refractivity contribution in [1.29, 1.82) is 0 Å². The molecule has 0 fully saturated rings. The third-order valence-corrected chi connectivity index (χ3v) is 2.01. The van der Waals surface area contributed by atoms with Crippen molar-refractivity contribution in [2.24, 2.45) is 5.73 Å². The van der Waals surface area contributed by atoms with Crippen molar-refractivity contribution in [3.05, 3.63) is 33.7 Å². The Labute approximate surface area is 73.2 Å². The third kappa shape index (κ3) is 1.56. The van der Waals surface area contributed by atoms with Crippen molar-refractivity contribution in [2.45, 2.75) is 19.9 Å². The number of hydrogen-bond acceptors (Lipinski definition) is 1. The number of benzene rings is 1. The van der Waals surface area contributed by atoms with E-state index in [1.807, 2.05) is 19.9 Å². The Morgan fingerprint density at radius 1 is 1.33 bits per heavy atom. The molecule has 2 N–H and O–H groups in total. The lowest BCUT2D eigenvalue weighted by molar-refractivity contribution is 0.809. The second-order valence-corrected chi connectivity index (χ2v) is 3.28. The van der Waals surface area contributed by atoms with Crippen LogP contribution in [-0.2, 0) is 0 Å². The van der Waals surface area contributed by atoms with Crippen LogP contribution >= 0.6 is 0 Å².